The molecule has 1 unspecified atom stereocenters. The van der Waals surface area contributed by atoms with Crippen LogP contribution in [0, 0.1) is 5.41 Å². The molecule has 0 aliphatic carbocycles. The van der Waals surface area contributed by atoms with E-state index in [0.29, 0.717) is 13.0 Å². The molecule has 0 heterocycles. The highest BCUT2D eigenvalue weighted by Crippen LogP contribution is 2.12. The third-order valence-corrected chi connectivity index (χ3v) is 2.60. The lowest BCUT2D eigenvalue weighted by molar-refractivity contribution is -0.131. The maximum absolute atomic E-state index is 11.6. The summed E-state index contributed by atoms with van der Waals surface area (Å²) >= 11 is 0. The minimum atomic E-state index is -1.01. The first kappa shape index (κ1) is 17.9. The first-order chi connectivity index (χ1) is 8.58. The molecule has 112 valence electrons. The molecule has 2 amide bonds. The fraction of sp³-hybridized carbons (Fsp3) is 0.846. The first-order valence-corrected chi connectivity index (χ1v) is 6.35. The Bertz CT molecular complexity index is 308. The molecule has 0 spiro atoms. The van der Waals surface area contributed by atoms with E-state index in [1.54, 1.807) is 34.8 Å². The number of amides is 2. The summed E-state index contributed by atoms with van der Waals surface area (Å²) in [7, 11) is 1.55. The average Bonchev–Trinajstić information content (AvgIpc) is 2.29. The van der Waals surface area contributed by atoms with E-state index < -0.39 is 11.0 Å². The van der Waals surface area contributed by atoms with Crippen molar-refractivity contribution < 1.29 is 19.4 Å². The number of methoxy groups -OCH3 is 1. The van der Waals surface area contributed by atoms with Crippen molar-refractivity contribution in [3.63, 3.8) is 0 Å². The molecule has 0 fully saturated rings. The molecule has 6 nitrogen and oxygen atoms in total. The molecule has 3 N–H and O–H groups in total. The normalized spacial score (nSPS) is 14.6. The first-order valence-electron chi connectivity index (χ1n) is 6.35. The van der Waals surface area contributed by atoms with E-state index in [2.05, 4.69) is 10.6 Å². The van der Waals surface area contributed by atoms with Crippen molar-refractivity contribution in [3.8, 4) is 0 Å². The van der Waals surface area contributed by atoms with Gasteiger partial charge in [0.2, 0.25) is 11.8 Å². The number of ether oxygens (including phenoxy) is 1. The summed E-state index contributed by atoms with van der Waals surface area (Å²) in [6.07, 6.45) is 0.429. The van der Waals surface area contributed by atoms with Crippen molar-refractivity contribution in [2.45, 2.75) is 39.7 Å². The van der Waals surface area contributed by atoms with E-state index in [1.807, 2.05) is 0 Å². The highest BCUT2D eigenvalue weighted by molar-refractivity contribution is 5.87. The molecular formula is C13H26N2O4. The van der Waals surface area contributed by atoms with Crippen LogP contribution in [0.3, 0.4) is 0 Å². The summed E-state index contributed by atoms with van der Waals surface area (Å²) in [5.41, 5.74) is -1.54. The molecule has 0 aliphatic heterocycles. The Morgan fingerprint density at radius 2 is 1.74 bits per heavy atom. The Morgan fingerprint density at radius 3 is 2.21 bits per heavy atom. The second kappa shape index (κ2) is 7.45. The summed E-state index contributed by atoms with van der Waals surface area (Å²) in [5, 5.41) is 15.0. The van der Waals surface area contributed by atoms with Gasteiger partial charge in [-0.2, -0.15) is 0 Å². The Balaban J connectivity index is 3.97. The fourth-order valence-corrected chi connectivity index (χ4v) is 1.19. The lowest BCUT2D eigenvalue weighted by Gasteiger charge is -2.23. The molecular weight excluding hydrogens is 248 g/mol. The zero-order valence-electron chi connectivity index (χ0n) is 12.5. The number of hydrogen-bond acceptors (Lipinski definition) is 4. The topological polar surface area (TPSA) is 87.7 Å². The van der Waals surface area contributed by atoms with Crippen LogP contribution in [0.2, 0.25) is 0 Å². The van der Waals surface area contributed by atoms with E-state index in [4.69, 9.17) is 4.74 Å². The molecule has 0 radical (unpaired) electrons. The second-order valence-electron chi connectivity index (χ2n) is 5.95. The number of rotatable bonds is 7. The quantitative estimate of drug-likeness (QED) is 0.612. The summed E-state index contributed by atoms with van der Waals surface area (Å²) in [6, 6.07) is 0. The number of carbonyl (C=O) groups is 2. The molecule has 0 aromatic heterocycles. The molecule has 0 saturated carbocycles. The summed E-state index contributed by atoms with van der Waals surface area (Å²) in [4.78, 5) is 23.1. The molecule has 0 aliphatic rings. The predicted molar refractivity (Wildman–Crippen MR) is 72.6 cm³/mol. The fourth-order valence-electron chi connectivity index (χ4n) is 1.19. The van der Waals surface area contributed by atoms with Gasteiger partial charge in [-0.05, 0) is 6.92 Å². The minimum absolute atomic E-state index is 0.0868. The lowest BCUT2D eigenvalue weighted by atomic mass is 9.96. The minimum Gasteiger partial charge on any atom is -0.388 e. The van der Waals surface area contributed by atoms with Gasteiger partial charge in [-0.1, -0.05) is 20.8 Å². The second-order valence-corrected chi connectivity index (χ2v) is 5.95. The monoisotopic (exact) mass is 274 g/mol. The van der Waals surface area contributed by atoms with Gasteiger partial charge in [-0.25, -0.2) is 0 Å². The molecule has 19 heavy (non-hydrogen) atoms. The highest BCUT2D eigenvalue weighted by Gasteiger charge is 2.23. The van der Waals surface area contributed by atoms with Gasteiger partial charge >= 0.3 is 0 Å². The van der Waals surface area contributed by atoms with Crippen molar-refractivity contribution >= 4 is 11.8 Å². The van der Waals surface area contributed by atoms with Crippen LogP contribution in [0.4, 0.5) is 0 Å². The van der Waals surface area contributed by atoms with Gasteiger partial charge in [0.25, 0.3) is 0 Å². The Labute approximate surface area is 114 Å². The third-order valence-electron chi connectivity index (χ3n) is 2.60. The number of hydrogen-bond donors (Lipinski definition) is 3. The molecule has 0 rings (SSSR count). The van der Waals surface area contributed by atoms with Crippen LogP contribution < -0.4 is 10.6 Å². The summed E-state index contributed by atoms with van der Waals surface area (Å²) in [5.74, 6) is -0.510. The molecule has 0 saturated heterocycles. The number of aliphatic hydroxyl groups is 1. The van der Waals surface area contributed by atoms with Crippen LogP contribution in [0.5, 0.6) is 0 Å². The van der Waals surface area contributed by atoms with Gasteiger partial charge in [0.15, 0.2) is 0 Å². The molecule has 0 aromatic rings. The standard InChI is InChI=1S/C13H26N2O4/c1-12(2,3)11(17)14-8-10(16)15-9-13(4,18)6-7-19-5/h18H,6-9H2,1-5H3,(H,14,17)(H,15,16). The maximum Gasteiger partial charge on any atom is 0.239 e. The van der Waals surface area contributed by atoms with E-state index in [9.17, 15) is 14.7 Å². The Hall–Kier alpha value is -1.14. The largest absolute Gasteiger partial charge is 0.388 e. The molecule has 0 aromatic carbocycles. The molecule has 6 heteroatoms. The van der Waals surface area contributed by atoms with Crippen molar-refractivity contribution in [1.82, 2.24) is 10.6 Å². The maximum atomic E-state index is 11.6. The van der Waals surface area contributed by atoms with E-state index >= 15 is 0 Å². The molecule has 0 bridgehead atoms. The average molecular weight is 274 g/mol. The SMILES string of the molecule is COCCC(C)(O)CNC(=O)CNC(=O)C(C)(C)C. The van der Waals surface area contributed by atoms with Gasteiger partial charge in [-0.3, -0.25) is 9.59 Å². The Kier molecular flexibility index (Phi) is 7.00. The van der Waals surface area contributed by atoms with Crippen LogP contribution in [0.15, 0.2) is 0 Å². The summed E-state index contributed by atoms with van der Waals surface area (Å²) < 4.78 is 4.87. The zero-order valence-corrected chi connectivity index (χ0v) is 12.5. The van der Waals surface area contributed by atoms with Gasteiger partial charge < -0.3 is 20.5 Å². The highest BCUT2D eigenvalue weighted by atomic mass is 16.5. The van der Waals surface area contributed by atoms with Gasteiger partial charge in [-0.15, -0.1) is 0 Å². The van der Waals surface area contributed by atoms with E-state index in [1.165, 1.54) is 0 Å². The van der Waals surface area contributed by atoms with Crippen molar-refractivity contribution in [3.05, 3.63) is 0 Å². The predicted octanol–water partition coefficient (Wildman–Crippen LogP) is 0.0524. The van der Waals surface area contributed by atoms with Crippen molar-refractivity contribution in [2.75, 3.05) is 26.8 Å². The molecule has 1 atom stereocenters. The van der Waals surface area contributed by atoms with Crippen molar-refractivity contribution in [2.24, 2.45) is 5.41 Å². The van der Waals surface area contributed by atoms with Crippen LogP contribution in [-0.2, 0) is 14.3 Å². The third kappa shape index (κ3) is 8.56. The van der Waals surface area contributed by atoms with Crippen LogP contribution in [0.25, 0.3) is 0 Å². The summed E-state index contributed by atoms with van der Waals surface area (Å²) in [6.45, 7) is 7.40. The van der Waals surface area contributed by atoms with Crippen LogP contribution >= 0.6 is 0 Å². The zero-order chi connectivity index (χ0) is 15.1. The van der Waals surface area contributed by atoms with Gasteiger partial charge in [0.1, 0.15) is 0 Å². The van der Waals surface area contributed by atoms with Gasteiger partial charge in [0.05, 0.1) is 12.1 Å². The number of carbonyl (C=O) groups excluding carboxylic acids is 2. The number of nitrogens with one attached hydrogen (secondary N) is 2. The van der Waals surface area contributed by atoms with Crippen molar-refractivity contribution in [1.29, 1.82) is 0 Å². The van der Waals surface area contributed by atoms with Gasteiger partial charge in [0, 0.05) is 32.1 Å². The lowest BCUT2D eigenvalue weighted by Crippen LogP contribution is -2.46. The van der Waals surface area contributed by atoms with E-state index in [-0.39, 0.29) is 24.9 Å². The van der Waals surface area contributed by atoms with Crippen LogP contribution in [-0.4, -0.2) is 49.3 Å². The Morgan fingerprint density at radius 1 is 1.16 bits per heavy atom. The van der Waals surface area contributed by atoms with E-state index in [0.717, 1.165) is 0 Å². The smallest absolute Gasteiger partial charge is 0.239 e. The van der Waals surface area contributed by atoms with Crippen LogP contribution in [0.1, 0.15) is 34.1 Å².